The Morgan fingerprint density at radius 3 is 2.62 bits per heavy atom. The maximum Gasteiger partial charge on any atom is 0.147 e. The Bertz CT molecular complexity index is 627. The molecule has 0 atom stereocenters. The Morgan fingerprint density at radius 1 is 1.24 bits per heavy atom. The summed E-state index contributed by atoms with van der Waals surface area (Å²) in [6, 6.07) is 2.08. The number of fused-ring (bicyclic) bond motifs is 1. The van der Waals surface area contributed by atoms with Crippen LogP contribution >= 0.6 is 11.5 Å². The van der Waals surface area contributed by atoms with Gasteiger partial charge in [-0.05, 0) is 56.0 Å². The molecular formula is C17H24N2OS. The second-order valence-electron chi connectivity index (χ2n) is 6.66. The molecule has 0 radical (unpaired) electrons. The lowest BCUT2D eigenvalue weighted by Gasteiger charge is -2.27. The van der Waals surface area contributed by atoms with Crippen molar-refractivity contribution in [3.05, 3.63) is 17.5 Å². The predicted octanol–water partition coefficient (Wildman–Crippen LogP) is 5.08. The predicted molar refractivity (Wildman–Crippen MR) is 88.3 cm³/mol. The highest BCUT2D eigenvalue weighted by molar-refractivity contribution is 7.13. The Labute approximate surface area is 130 Å². The van der Waals surface area contributed by atoms with Gasteiger partial charge in [0.05, 0.1) is 17.2 Å². The fraction of sp³-hybridized carbons (Fsp3) is 0.647. The van der Waals surface area contributed by atoms with E-state index in [0.29, 0.717) is 12.0 Å². The Hall–Kier alpha value is -1.16. The van der Waals surface area contributed by atoms with Gasteiger partial charge in [-0.15, -0.1) is 0 Å². The molecule has 4 heteroatoms. The van der Waals surface area contributed by atoms with E-state index in [0.717, 1.165) is 33.3 Å². The van der Waals surface area contributed by atoms with Crippen molar-refractivity contribution in [3.63, 3.8) is 0 Å². The highest BCUT2D eigenvalue weighted by Gasteiger charge is 2.22. The van der Waals surface area contributed by atoms with E-state index in [1.807, 2.05) is 6.92 Å². The quantitative estimate of drug-likeness (QED) is 0.793. The third kappa shape index (κ3) is 3.05. The fourth-order valence-electron chi connectivity index (χ4n) is 3.07. The molecule has 21 heavy (non-hydrogen) atoms. The Morgan fingerprint density at radius 2 is 1.95 bits per heavy atom. The Kier molecular flexibility index (Phi) is 4.16. The summed E-state index contributed by atoms with van der Waals surface area (Å²) in [7, 11) is 0. The van der Waals surface area contributed by atoms with E-state index in [2.05, 4.69) is 36.2 Å². The summed E-state index contributed by atoms with van der Waals surface area (Å²) in [5.74, 6) is 2.24. The summed E-state index contributed by atoms with van der Waals surface area (Å²) < 4.78 is 11.0. The van der Waals surface area contributed by atoms with Gasteiger partial charge < -0.3 is 4.74 Å². The molecule has 3 nitrogen and oxygen atoms in total. The zero-order chi connectivity index (χ0) is 15.0. The molecule has 1 aliphatic rings. The SMILES string of the molecule is Cc1cc(OC2CCC(C)CC2)c2c(C(C)C)nsc2n1. The number of nitrogens with zero attached hydrogens (tertiary/aromatic N) is 2. The summed E-state index contributed by atoms with van der Waals surface area (Å²) in [6.45, 7) is 8.73. The van der Waals surface area contributed by atoms with Gasteiger partial charge in [0.2, 0.25) is 0 Å². The van der Waals surface area contributed by atoms with Crippen LogP contribution in [0, 0.1) is 12.8 Å². The molecule has 0 unspecified atom stereocenters. The van der Waals surface area contributed by atoms with Crippen molar-refractivity contribution in [1.29, 1.82) is 0 Å². The van der Waals surface area contributed by atoms with E-state index in [-0.39, 0.29) is 0 Å². The van der Waals surface area contributed by atoms with Crippen LogP contribution in [0.25, 0.3) is 10.2 Å². The number of rotatable bonds is 3. The van der Waals surface area contributed by atoms with E-state index in [4.69, 9.17) is 4.74 Å². The third-order valence-electron chi connectivity index (χ3n) is 4.37. The molecule has 0 bridgehead atoms. The molecule has 2 aromatic heterocycles. The second-order valence-corrected chi connectivity index (χ2v) is 7.42. The van der Waals surface area contributed by atoms with E-state index < -0.39 is 0 Å². The van der Waals surface area contributed by atoms with Crippen molar-refractivity contribution in [3.8, 4) is 5.75 Å². The van der Waals surface area contributed by atoms with Crippen LogP contribution < -0.4 is 4.74 Å². The lowest BCUT2D eigenvalue weighted by molar-refractivity contribution is 0.137. The van der Waals surface area contributed by atoms with Gasteiger partial charge in [-0.1, -0.05) is 20.8 Å². The minimum Gasteiger partial charge on any atom is -0.490 e. The molecular weight excluding hydrogens is 280 g/mol. The number of aromatic nitrogens is 2. The largest absolute Gasteiger partial charge is 0.490 e. The van der Waals surface area contributed by atoms with E-state index in [9.17, 15) is 0 Å². The minimum atomic E-state index is 0.353. The highest BCUT2D eigenvalue weighted by atomic mass is 32.1. The fourth-order valence-corrected chi connectivity index (χ4v) is 4.04. The van der Waals surface area contributed by atoms with Crippen molar-refractivity contribution in [2.75, 3.05) is 0 Å². The first-order valence-corrected chi connectivity index (χ1v) is 8.75. The molecule has 2 aromatic rings. The van der Waals surface area contributed by atoms with Gasteiger partial charge in [0.25, 0.3) is 0 Å². The molecule has 0 N–H and O–H groups in total. The number of ether oxygens (including phenoxy) is 1. The standard InChI is InChI=1S/C17H24N2OS/c1-10(2)16-15-14(9-12(4)18-17(15)21-19-16)20-13-7-5-11(3)6-8-13/h9-11,13H,5-8H2,1-4H3. The zero-order valence-corrected chi connectivity index (χ0v) is 14.2. The third-order valence-corrected chi connectivity index (χ3v) is 5.12. The zero-order valence-electron chi connectivity index (χ0n) is 13.3. The van der Waals surface area contributed by atoms with Gasteiger partial charge in [-0.2, -0.15) is 4.37 Å². The molecule has 3 rings (SSSR count). The van der Waals surface area contributed by atoms with E-state index in [1.54, 1.807) is 0 Å². The second kappa shape index (κ2) is 5.91. The molecule has 1 fully saturated rings. The van der Waals surface area contributed by atoms with Crippen LogP contribution in [0.5, 0.6) is 5.75 Å². The van der Waals surface area contributed by atoms with Crippen LogP contribution in [-0.4, -0.2) is 15.5 Å². The Balaban J connectivity index is 1.94. The van der Waals surface area contributed by atoms with Crippen LogP contribution in [0.3, 0.4) is 0 Å². The van der Waals surface area contributed by atoms with Gasteiger partial charge in [-0.3, -0.25) is 0 Å². The monoisotopic (exact) mass is 304 g/mol. The van der Waals surface area contributed by atoms with Crippen molar-refractivity contribution in [2.24, 2.45) is 5.92 Å². The van der Waals surface area contributed by atoms with Crippen molar-refractivity contribution >= 4 is 21.7 Å². The topological polar surface area (TPSA) is 35.0 Å². The average molecular weight is 304 g/mol. The van der Waals surface area contributed by atoms with Gasteiger partial charge in [0.15, 0.2) is 0 Å². The maximum atomic E-state index is 6.37. The first kappa shape index (κ1) is 14.8. The summed E-state index contributed by atoms with van der Waals surface area (Å²) in [6.07, 6.45) is 5.23. The summed E-state index contributed by atoms with van der Waals surface area (Å²) >= 11 is 1.49. The summed E-state index contributed by atoms with van der Waals surface area (Å²) in [5, 5.41) is 1.14. The first-order valence-electron chi connectivity index (χ1n) is 7.98. The number of aryl methyl sites for hydroxylation is 1. The van der Waals surface area contributed by atoms with E-state index >= 15 is 0 Å². The lowest BCUT2D eigenvalue weighted by atomic mass is 9.89. The summed E-state index contributed by atoms with van der Waals surface area (Å²) in [4.78, 5) is 5.63. The number of hydrogen-bond donors (Lipinski definition) is 0. The van der Waals surface area contributed by atoms with E-state index in [1.165, 1.54) is 37.2 Å². The molecule has 0 aromatic carbocycles. The van der Waals surface area contributed by atoms with Gasteiger partial charge in [0.1, 0.15) is 10.6 Å². The van der Waals surface area contributed by atoms with Crippen LogP contribution in [0.2, 0.25) is 0 Å². The molecule has 114 valence electrons. The smallest absolute Gasteiger partial charge is 0.147 e. The first-order chi connectivity index (χ1) is 10.0. The van der Waals surface area contributed by atoms with Crippen LogP contribution in [0.4, 0.5) is 0 Å². The minimum absolute atomic E-state index is 0.353. The summed E-state index contributed by atoms with van der Waals surface area (Å²) in [5.41, 5.74) is 2.14. The van der Waals surface area contributed by atoms with Crippen molar-refractivity contribution in [2.45, 2.75) is 65.4 Å². The van der Waals surface area contributed by atoms with Gasteiger partial charge >= 0.3 is 0 Å². The number of hydrogen-bond acceptors (Lipinski definition) is 4. The molecule has 0 saturated heterocycles. The maximum absolute atomic E-state index is 6.37. The highest BCUT2D eigenvalue weighted by Crippen LogP contribution is 2.37. The lowest BCUT2D eigenvalue weighted by Crippen LogP contribution is -2.23. The van der Waals surface area contributed by atoms with Gasteiger partial charge in [-0.25, -0.2) is 4.98 Å². The van der Waals surface area contributed by atoms with Crippen molar-refractivity contribution < 1.29 is 4.74 Å². The normalized spacial score (nSPS) is 22.9. The molecule has 2 heterocycles. The molecule has 1 aliphatic carbocycles. The molecule has 0 spiro atoms. The van der Waals surface area contributed by atoms with Crippen LogP contribution in [0.15, 0.2) is 6.07 Å². The van der Waals surface area contributed by atoms with Crippen LogP contribution in [0.1, 0.15) is 63.8 Å². The average Bonchev–Trinajstić information content (AvgIpc) is 2.85. The van der Waals surface area contributed by atoms with Gasteiger partial charge in [0, 0.05) is 11.8 Å². The van der Waals surface area contributed by atoms with Crippen molar-refractivity contribution in [1.82, 2.24) is 9.36 Å². The number of pyridine rings is 1. The molecule has 0 aliphatic heterocycles. The molecule has 1 saturated carbocycles. The van der Waals surface area contributed by atoms with Crippen LogP contribution in [-0.2, 0) is 0 Å². The molecule has 0 amide bonds.